The van der Waals surface area contributed by atoms with Gasteiger partial charge < -0.3 is 10.6 Å². The Morgan fingerprint density at radius 1 is 1.26 bits per heavy atom. The molecule has 0 aliphatic carbocycles. The van der Waals surface area contributed by atoms with Crippen LogP contribution in [0.4, 0.5) is 0 Å². The minimum absolute atomic E-state index is 0. The number of nitrogens with zero attached hydrogens (tertiary/aromatic N) is 1. The van der Waals surface area contributed by atoms with Crippen LogP contribution in [0.3, 0.4) is 0 Å². The Bertz CT molecular complexity index is 411. The van der Waals surface area contributed by atoms with Gasteiger partial charge in [0.25, 0.3) is 0 Å². The van der Waals surface area contributed by atoms with Gasteiger partial charge in [-0.1, -0.05) is 37.3 Å². The Morgan fingerprint density at radius 2 is 1.79 bits per heavy atom. The molecule has 1 fully saturated rings. The number of carbonyl (C=O) groups is 1. The highest BCUT2D eigenvalue weighted by Crippen LogP contribution is 2.34. The summed E-state index contributed by atoms with van der Waals surface area (Å²) in [6.07, 6.45) is 2.02. The lowest BCUT2D eigenvalue weighted by atomic mass is 9.74. The molecule has 106 valence electrons. The monoisotopic (exact) mass is 282 g/mol. The van der Waals surface area contributed by atoms with Crippen LogP contribution in [0.1, 0.15) is 32.3 Å². The average Bonchev–Trinajstić information content (AvgIpc) is 2.40. The minimum Gasteiger partial charge on any atom is -0.341 e. The van der Waals surface area contributed by atoms with Gasteiger partial charge in [-0.05, 0) is 30.7 Å². The average molecular weight is 283 g/mol. The van der Waals surface area contributed by atoms with Crippen LogP contribution in [0.25, 0.3) is 0 Å². The fraction of sp³-hybridized carbons (Fsp3) is 0.533. The molecule has 1 aliphatic heterocycles. The van der Waals surface area contributed by atoms with E-state index in [1.807, 2.05) is 11.0 Å². The first-order valence-electron chi connectivity index (χ1n) is 6.63. The number of piperidine rings is 1. The smallest absolute Gasteiger partial charge is 0.239 e. The van der Waals surface area contributed by atoms with Crippen LogP contribution in [0.2, 0.25) is 0 Å². The van der Waals surface area contributed by atoms with Crippen LogP contribution < -0.4 is 5.73 Å². The molecule has 3 nitrogen and oxygen atoms in total. The van der Waals surface area contributed by atoms with Crippen molar-refractivity contribution in [3.63, 3.8) is 0 Å². The molecule has 19 heavy (non-hydrogen) atoms. The Hall–Kier alpha value is -1.06. The summed E-state index contributed by atoms with van der Waals surface area (Å²) in [5.74, 6) is 0.0742. The molecule has 0 spiro atoms. The fourth-order valence-corrected chi connectivity index (χ4v) is 2.64. The van der Waals surface area contributed by atoms with E-state index in [0.29, 0.717) is 0 Å². The van der Waals surface area contributed by atoms with E-state index < -0.39 is 0 Å². The van der Waals surface area contributed by atoms with Crippen molar-refractivity contribution >= 4 is 18.3 Å². The molecule has 1 amide bonds. The zero-order valence-electron chi connectivity index (χ0n) is 11.6. The first kappa shape index (κ1) is 16.0. The predicted octanol–water partition coefficient (Wildman–Crippen LogP) is 2.34. The van der Waals surface area contributed by atoms with E-state index >= 15 is 0 Å². The molecule has 0 radical (unpaired) electrons. The van der Waals surface area contributed by atoms with Crippen molar-refractivity contribution in [3.8, 4) is 0 Å². The molecule has 1 atom stereocenters. The number of carbonyl (C=O) groups excluding carboxylic acids is 1. The highest BCUT2D eigenvalue weighted by Gasteiger charge is 2.33. The quantitative estimate of drug-likeness (QED) is 0.905. The number of nitrogens with two attached hydrogens (primary N) is 1. The molecule has 0 bridgehead atoms. The number of hydrogen-bond acceptors (Lipinski definition) is 2. The van der Waals surface area contributed by atoms with E-state index in [9.17, 15) is 4.79 Å². The fourth-order valence-electron chi connectivity index (χ4n) is 2.64. The summed E-state index contributed by atoms with van der Waals surface area (Å²) >= 11 is 0. The molecule has 1 aromatic rings. The number of rotatable bonds is 2. The Kier molecular flexibility index (Phi) is 5.39. The van der Waals surface area contributed by atoms with Crippen LogP contribution in [0.15, 0.2) is 30.3 Å². The number of halogens is 1. The molecule has 0 aromatic heterocycles. The number of amides is 1. The molecule has 2 rings (SSSR count). The first-order chi connectivity index (χ1) is 8.53. The molecule has 1 aromatic carbocycles. The lowest BCUT2D eigenvalue weighted by Gasteiger charge is -2.40. The van der Waals surface area contributed by atoms with E-state index in [1.165, 1.54) is 5.56 Å². The summed E-state index contributed by atoms with van der Waals surface area (Å²) in [7, 11) is 0. The highest BCUT2D eigenvalue weighted by atomic mass is 35.5. The topological polar surface area (TPSA) is 46.3 Å². The summed E-state index contributed by atoms with van der Waals surface area (Å²) in [5.41, 5.74) is 7.22. The molecule has 1 aliphatic rings. The van der Waals surface area contributed by atoms with Gasteiger partial charge in [0.2, 0.25) is 5.91 Å². The van der Waals surface area contributed by atoms with Crippen LogP contribution >= 0.6 is 12.4 Å². The normalized spacial score (nSPS) is 19.4. The van der Waals surface area contributed by atoms with E-state index in [1.54, 1.807) is 6.92 Å². The van der Waals surface area contributed by atoms with Crippen molar-refractivity contribution in [1.29, 1.82) is 0 Å². The molecular weight excluding hydrogens is 260 g/mol. The first-order valence-corrected chi connectivity index (χ1v) is 6.63. The van der Waals surface area contributed by atoms with Gasteiger partial charge in [-0.3, -0.25) is 4.79 Å². The maximum absolute atomic E-state index is 11.8. The van der Waals surface area contributed by atoms with E-state index in [-0.39, 0.29) is 29.8 Å². The van der Waals surface area contributed by atoms with E-state index in [0.717, 1.165) is 25.9 Å². The van der Waals surface area contributed by atoms with Crippen molar-refractivity contribution < 1.29 is 4.79 Å². The predicted molar refractivity (Wildman–Crippen MR) is 80.5 cm³/mol. The van der Waals surface area contributed by atoms with Crippen molar-refractivity contribution in [2.45, 2.75) is 38.1 Å². The highest BCUT2D eigenvalue weighted by molar-refractivity contribution is 5.85. The maximum atomic E-state index is 11.8. The molecular formula is C15H23ClN2O. The zero-order chi connectivity index (χ0) is 13.2. The lowest BCUT2D eigenvalue weighted by Crippen LogP contribution is -2.48. The second kappa shape index (κ2) is 6.40. The molecule has 4 heteroatoms. The molecule has 1 heterocycles. The summed E-state index contributed by atoms with van der Waals surface area (Å²) < 4.78 is 0. The lowest BCUT2D eigenvalue weighted by molar-refractivity contribution is -0.133. The SMILES string of the molecule is C[C@@H](N)C(=O)N1CCC(C)(c2ccccc2)CC1.Cl. The van der Waals surface area contributed by atoms with E-state index in [2.05, 4.69) is 31.2 Å². The third-order valence-corrected chi connectivity index (χ3v) is 4.04. The van der Waals surface area contributed by atoms with Crippen LogP contribution in [0, 0.1) is 0 Å². The van der Waals surface area contributed by atoms with Crippen LogP contribution in [-0.4, -0.2) is 29.9 Å². The van der Waals surface area contributed by atoms with Crippen molar-refractivity contribution in [1.82, 2.24) is 4.90 Å². The third-order valence-electron chi connectivity index (χ3n) is 4.04. The molecule has 0 saturated carbocycles. The second-order valence-corrected chi connectivity index (χ2v) is 5.54. The van der Waals surface area contributed by atoms with Crippen molar-refractivity contribution in [2.75, 3.05) is 13.1 Å². The summed E-state index contributed by atoms with van der Waals surface area (Å²) in [6.45, 7) is 5.67. The van der Waals surface area contributed by atoms with Gasteiger partial charge in [0.05, 0.1) is 6.04 Å². The van der Waals surface area contributed by atoms with Gasteiger partial charge in [-0.15, -0.1) is 12.4 Å². The summed E-state index contributed by atoms with van der Waals surface area (Å²) in [6, 6.07) is 10.2. The van der Waals surface area contributed by atoms with Gasteiger partial charge in [-0.2, -0.15) is 0 Å². The Labute approximate surface area is 121 Å². The number of likely N-dealkylation sites (tertiary alicyclic amines) is 1. The Balaban J connectivity index is 0.00000180. The molecule has 2 N–H and O–H groups in total. The summed E-state index contributed by atoms with van der Waals surface area (Å²) in [5, 5.41) is 0. The third kappa shape index (κ3) is 3.48. The van der Waals surface area contributed by atoms with Crippen molar-refractivity contribution in [2.24, 2.45) is 5.73 Å². The van der Waals surface area contributed by atoms with Crippen molar-refractivity contribution in [3.05, 3.63) is 35.9 Å². The van der Waals surface area contributed by atoms with Gasteiger partial charge >= 0.3 is 0 Å². The minimum atomic E-state index is -0.383. The van der Waals surface area contributed by atoms with Gasteiger partial charge in [-0.25, -0.2) is 0 Å². The van der Waals surface area contributed by atoms with Gasteiger partial charge in [0, 0.05) is 13.1 Å². The zero-order valence-corrected chi connectivity index (χ0v) is 12.5. The largest absolute Gasteiger partial charge is 0.341 e. The Morgan fingerprint density at radius 3 is 2.26 bits per heavy atom. The second-order valence-electron chi connectivity index (χ2n) is 5.54. The maximum Gasteiger partial charge on any atom is 0.239 e. The number of hydrogen-bond donors (Lipinski definition) is 1. The standard InChI is InChI=1S/C15H22N2O.ClH/c1-12(16)14(18)17-10-8-15(2,9-11-17)13-6-4-3-5-7-13;/h3-7,12H,8-11,16H2,1-2H3;1H/t12-;/m1./s1. The number of benzene rings is 1. The molecule has 1 saturated heterocycles. The van der Waals surface area contributed by atoms with Gasteiger partial charge in [0.1, 0.15) is 0 Å². The summed E-state index contributed by atoms with van der Waals surface area (Å²) in [4.78, 5) is 13.7. The van der Waals surface area contributed by atoms with E-state index in [4.69, 9.17) is 5.73 Å². The van der Waals surface area contributed by atoms with Crippen LogP contribution in [-0.2, 0) is 10.2 Å². The van der Waals surface area contributed by atoms with Gasteiger partial charge in [0.15, 0.2) is 0 Å². The van der Waals surface area contributed by atoms with Crippen LogP contribution in [0.5, 0.6) is 0 Å². The molecule has 0 unspecified atom stereocenters.